The zero-order valence-corrected chi connectivity index (χ0v) is 16.0. The van der Waals surface area contributed by atoms with Crippen LogP contribution in [0.15, 0.2) is 57.9 Å². The summed E-state index contributed by atoms with van der Waals surface area (Å²) >= 11 is 7.33. The Morgan fingerprint density at radius 1 is 1.19 bits per heavy atom. The van der Waals surface area contributed by atoms with E-state index in [9.17, 15) is 4.79 Å². The normalized spacial score (nSPS) is 12.0. The van der Waals surface area contributed by atoms with Crippen LogP contribution >= 0.6 is 23.4 Å². The van der Waals surface area contributed by atoms with Crippen LogP contribution in [0.5, 0.6) is 0 Å². The fraction of sp³-hybridized carbons (Fsp3) is 0.211. The number of nitrogens with one attached hydrogen (secondary N) is 1. The summed E-state index contributed by atoms with van der Waals surface area (Å²) in [5, 5.41) is 7.20. The lowest BCUT2D eigenvalue weighted by atomic mass is 10.1. The molecule has 1 amide bonds. The molecule has 0 aliphatic heterocycles. The van der Waals surface area contributed by atoms with E-state index in [0.29, 0.717) is 16.7 Å². The van der Waals surface area contributed by atoms with Gasteiger partial charge in [-0.2, -0.15) is 4.98 Å². The molecule has 3 rings (SSSR count). The molecule has 0 saturated carbocycles. The van der Waals surface area contributed by atoms with Crippen molar-refractivity contribution in [3.63, 3.8) is 0 Å². The molecule has 134 valence electrons. The van der Waals surface area contributed by atoms with Gasteiger partial charge < -0.3 is 9.84 Å². The van der Waals surface area contributed by atoms with Crippen molar-refractivity contribution >= 4 is 29.3 Å². The van der Waals surface area contributed by atoms with Crippen molar-refractivity contribution in [1.29, 1.82) is 0 Å². The van der Waals surface area contributed by atoms with Crippen molar-refractivity contribution in [1.82, 2.24) is 15.5 Å². The van der Waals surface area contributed by atoms with Gasteiger partial charge in [0.15, 0.2) is 0 Å². The topological polar surface area (TPSA) is 68.0 Å². The highest BCUT2D eigenvalue weighted by Gasteiger charge is 2.16. The minimum Gasteiger partial charge on any atom is -0.346 e. The Hall–Kier alpha value is -2.31. The van der Waals surface area contributed by atoms with Crippen LogP contribution in [0.4, 0.5) is 0 Å². The van der Waals surface area contributed by atoms with E-state index in [2.05, 4.69) is 15.5 Å². The van der Waals surface area contributed by atoms with E-state index in [1.54, 1.807) is 12.1 Å². The van der Waals surface area contributed by atoms with E-state index in [4.69, 9.17) is 16.1 Å². The Morgan fingerprint density at radius 2 is 1.88 bits per heavy atom. The monoisotopic (exact) mass is 387 g/mol. The molecule has 1 heterocycles. The number of nitrogens with zero attached hydrogens (tertiary/aromatic N) is 2. The maximum Gasteiger partial charge on any atom is 0.246 e. The van der Waals surface area contributed by atoms with Crippen LogP contribution in [0.3, 0.4) is 0 Å². The summed E-state index contributed by atoms with van der Waals surface area (Å²) in [6.07, 6.45) is 0. The van der Waals surface area contributed by atoms with Gasteiger partial charge in [-0.1, -0.05) is 46.6 Å². The van der Waals surface area contributed by atoms with Crippen molar-refractivity contribution < 1.29 is 9.32 Å². The molecular formula is C19H18ClN3O2S. The van der Waals surface area contributed by atoms with E-state index in [1.807, 2.05) is 50.2 Å². The van der Waals surface area contributed by atoms with Gasteiger partial charge in [0, 0.05) is 15.5 Å². The molecule has 0 spiro atoms. The average molecular weight is 388 g/mol. The molecule has 0 aliphatic carbocycles. The number of carbonyl (C=O) groups is 1. The standard InChI is InChI=1S/C19H18ClN3O2S/c1-12-3-5-14(6-4-12)18-22-17(25-23-18)11-21-19(24)13(2)26-16-9-7-15(20)8-10-16/h3-10,13H,11H2,1-2H3,(H,21,24). The first-order valence-corrected chi connectivity index (χ1v) is 9.36. The summed E-state index contributed by atoms with van der Waals surface area (Å²) < 4.78 is 5.21. The molecule has 0 aliphatic rings. The summed E-state index contributed by atoms with van der Waals surface area (Å²) in [6.45, 7) is 4.06. The Morgan fingerprint density at radius 3 is 2.58 bits per heavy atom. The molecule has 3 aromatic rings. The predicted octanol–water partition coefficient (Wildman–Crippen LogP) is 4.50. The van der Waals surface area contributed by atoms with Crippen molar-refractivity contribution in [2.45, 2.75) is 30.5 Å². The molecule has 5 nitrogen and oxygen atoms in total. The van der Waals surface area contributed by atoms with E-state index < -0.39 is 0 Å². The number of rotatable bonds is 6. The number of thioether (sulfide) groups is 1. The number of carbonyl (C=O) groups excluding carboxylic acids is 1. The molecule has 0 saturated heterocycles. The Balaban J connectivity index is 1.54. The van der Waals surface area contributed by atoms with Crippen LogP contribution < -0.4 is 5.32 Å². The van der Waals surface area contributed by atoms with Crippen LogP contribution in [-0.4, -0.2) is 21.3 Å². The molecule has 0 bridgehead atoms. The third-order valence-electron chi connectivity index (χ3n) is 3.69. The van der Waals surface area contributed by atoms with Gasteiger partial charge in [-0.25, -0.2) is 0 Å². The maximum absolute atomic E-state index is 12.3. The lowest BCUT2D eigenvalue weighted by molar-refractivity contribution is -0.120. The fourth-order valence-corrected chi connectivity index (χ4v) is 3.24. The van der Waals surface area contributed by atoms with Gasteiger partial charge in [0.05, 0.1) is 11.8 Å². The Labute approximate surface area is 161 Å². The summed E-state index contributed by atoms with van der Waals surface area (Å²) in [5.41, 5.74) is 2.04. The van der Waals surface area contributed by atoms with Crippen LogP contribution in [-0.2, 0) is 11.3 Å². The van der Waals surface area contributed by atoms with Gasteiger partial charge in [-0.3, -0.25) is 4.79 Å². The number of halogens is 1. The van der Waals surface area contributed by atoms with Gasteiger partial charge in [0.2, 0.25) is 17.6 Å². The second-order valence-corrected chi connectivity index (χ2v) is 7.66. The van der Waals surface area contributed by atoms with Gasteiger partial charge in [0.25, 0.3) is 0 Å². The molecule has 1 unspecified atom stereocenters. The number of hydrogen-bond donors (Lipinski definition) is 1. The smallest absolute Gasteiger partial charge is 0.246 e. The van der Waals surface area contributed by atoms with Crippen molar-refractivity contribution in [3.05, 3.63) is 65.0 Å². The predicted molar refractivity (Wildman–Crippen MR) is 103 cm³/mol. The molecule has 7 heteroatoms. The minimum absolute atomic E-state index is 0.0972. The van der Waals surface area contributed by atoms with Crippen LogP contribution in [0, 0.1) is 6.92 Å². The highest BCUT2D eigenvalue weighted by Crippen LogP contribution is 2.24. The number of amides is 1. The van der Waals surface area contributed by atoms with Crippen LogP contribution in [0.2, 0.25) is 5.02 Å². The van der Waals surface area contributed by atoms with E-state index in [1.165, 1.54) is 11.8 Å². The number of aryl methyl sites for hydroxylation is 1. The third kappa shape index (κ3) is 4.86. The van der Waals surface area contributed by atoms with E-state index in [0.717, 1.165) is 16.0 Å². The molecule has 0 fully saturated rings. The van der Waals surface area contributed by atoms with Gasteiger partial charge in [0.1, 0.15) is 0 Å². The van der Waals surface area contributed by atoms with Gasteiger partial charge in [-0.15, -0.1) is 11.8 Å². The molecule has 1 aromatic heterocycles. The lowest BCUT2D eigenvalue weighted by Crippen LogP contribution is -2.30. The maximum atomic E-state index is 12.3. The summed E-state index contributed by atoms with van der Waals surface area (Å²) in [6, 6.07) is 15.2. The first-order chi connectivity index (χ1) is 12.5. The second-order valence-electron chi connectivity index (χ2n) is 5.81. The highest BCUT2D eigenvalue weighted by atomic mass is 35.5. The number of hydrogen-bond acceptors (Lipinski definition) is 5. The van der Waals surface area contributed by atoms with Crippen molar-refractivity contribution in [2.24, 2.45) is 0 Å². The largest absolute Gasteiger partial charge is 0.346 e. The number of benzene rings is 2. The lowest BCUT2D eigenvalue weighted by Gasteiger charge is -2.10. The average Bonchev–Trinajstić information content (AvgIpc) is 3.11. The third-order valence-corrected chi connectivity index (χ3v) is 5.05. The van der Waals surface area contributed by atoms with Gasteiger partial charge in [-0.05, 0) is 38.1 Å². The summed E-state index contributed by atoms with van der Waals surface area (Å²) in [7, 11) is 0. The summed E-state index contributed by atoms with van der Waals surface area (Å²) in [4.78, 5) is 17.6. The zero-order chi connectivity index (χ0) is 18.5. The van der Waals surface area contributed by atoms with Gasteiger partial charge >= 0.3 is 0 Å². The molecule has 2 aromatic carbocycles. The van der Waals surface area contributed by atoms with Crippen LogP contribution in [0.1, 0.15) is 18.4 Å². The molecule has 26 heavy (non-hydrogen) atoms. The minimum atomic E-state index is -0.254. The molecule has 1 atom stereocenters. The zero-order valence-electron chi connectivity index (χ0n) is 14.4. The fourth-order valence-electron chi connectivity index (χ4n) is 2.22. The molecule has 0 radical (unpaired) electrons. The second kappa shape index (κ2) is 8.38. The quantitative estimate of drug-likeness (QED) is 0.631. The van der Waals surface area contributed by atoms with E-state index in [-0.39, 0.29) is 17.7 Å². The first-order valence-electron chi connectivity index (χ1n) is 8.11. The highest BCUT2D eigenvalue weighted by molar-refractivity contribution is 8.00. The number of aromatic nitrogens is 2. The molecular weight excluding hydrogens is 370 g/mol. The first kappa shape index (κ1) is 18.5. The van der Waals surface area contributed by atoms with Crippen molar-refractivity contribution in [2.75, 3.05) is 0 Å². The van der Waals surface area contributed by atoms with Crippen molar-refractivity contribution in [3.8, 4) is 11.4 Å². The SMILES string of the molecule is Cc1ccc(-c2noc(CNC(=O)C(C)Sc3ccc(Cl)cc3)n2)cc1. The summed E-state index contributed by atoms with van der Waals surface area (Å²) in [5.74, 6) is 0.787. The molecule has 1 N–H and O–H groups in total. The Kier molecular flexibility index (Phi) is 5.96. The van der Waals surface area contributed by atoms with E-state index >= 15 is 0 Å². The Bertz CT molecular complexity index is 879. The van der Waals surface area contributed by atoms with Crippen LogP contribution in [0.25, 0.3) is 11.4 Å².